The third-order valence-corrected chi connectivity index (χ3v) is 4.05. The molecule has 0 amide bonds. The van der Waals surface area contributed by atoms with E-state index in [1.807, 2.05) is 0 Å². The van der Waals surface area contributed by atoms with Crippen molar-refractivity contribution in [3.63, 3.8) is 0 Å². The Balaban J connectivity index is 2.35. The van der Waals surface area contributed by atoms with Gasteiger partial charge in [-0.05, 0) is 23.9 Å². The van der Waals surface area contributed by atoms with E-state index in [9.17, 15) is 5.11 Å². The predicted octanol–water partition coefficient (Wildman–Crippen LogP) is 2.45. The summed E-state index contributed by atoms with van der Waals surface area (Å²) in [6.45, 7) is 8.45. The fraction of sp³-hybridized carbons (Fsp3) is 0.818. The molecule has 0 radical (unpaired) electrons. The van der Waals surface area contributed by atoms with Crippen molar-refractivity contribution in [2.45, 2.75) is 51.6 Å². The molecule has 1 fully saturated rings. The Morgan fingerprint density at radius 2 is 2.20 bits per heavy atom. The van der Waals surface area contributed by atoms with Crippen LogP contribution < -0.4 is 0 Å². The van der Waals surface area contributed by atoms with E-state index >= 15 is 0 Å². The lowest BCUT2D eigenvalue weighted by molar-refractivity contribution is 0.132. The van der Waals surface area contributed by atoms with Crippen molar-refractivity contribution in [3.8, 4) is 0 Å². The van der Waals surface area contributed by atoms with Crippen LogP contribution in [0.25, 0.3) is 0 Å². The fourth-order valence-electron chi connectivity index (χ4n) is 2.04. The van der Waals surface area contributed by atoms with Gasteiger partial charge in [0.25, 0.3) is 0 Å². The van der Waals surface area contributed by atoms with E-state index < -0.39 is 5.60 Å². The topological polar surface area (TPSA) is 46.0 Å². The van der Waals surface area contributed by atoms with Gasteiger partial charge in [0.15, 0.2) is 0 Å². The Morgan fingerprint density at radius 1 is 1.53 bits per heavy atom. The minimum atomic E-state index is -0.620. The second kappa shape index (κ2) is 3.25. The smallest absolute Gasteiger partial charge is 0.106 e. The molecular formula is C11H18N2OS. The van der Waals surface area contributed by atoms with E-state index in [1.54, 1.807) is 0 Å². The second-order valence-electron chi connectivity index (χ2n) is 5.43. The average molecular weight is 226 g/mol. The number of nitrogens with zero attached hydrogens (tertiary/aromatic N) is 2. The van der Waals surface area contributed by atoms with Crippen LogP contribution in [0, 0.1) is 5.92 Å². The third-order valence-electron chi connectivity index (χ3n) is 3.16. The molecule has 1 heterocycles. The fourth-order valence-corrected chi connectivity index (χ4v) is 3.09. The molecule has 3 nitrogen and oxygen atoms in total. The maximum Gasteiger partial charge on any atom is 0.106 e. The highest BCUT2D eigenvalue weighted by Crippen LogP contribution is 2.56. The quantitative estimate of drug-likeness (QED) is 0.842. The summed E-state index contributed by atoms with van der Waals surface area (Å²) in [5, 5.41) is 14.6. The Bertz CT molecular complexity index is 369. The average Bonchev–Trinajstić information content (AvgIpc) is 2.64. The van der Waals surface area contributed by atoms with Gasteiger partial charge < -0.3 is 5.11 Å². The molecule has 2 unspecified atom stereocenters. The molecule has 4 heteroatoms. The first-order chi connectivity index (χ1) is 6.89. The van der Waals surface area contributed by atoms with Crippen molar-refractivity contribution in [1.82, 2.24) is 9.59 Å². The standard InChI is InChI=1S/C11H18N2OS/c1-5-7-6-11(7,14)9-8(10(2,3)4)12-13-15-9/h7,14H,5-6H2,1-4H3. The molecule has 2 rings (SSSR count). The number of hydrogen-bond acceptors (Lipinski definition) is 4. The van der Waals surface area contributed by atoms with Crippen LogP contribution >= 0.6 is 11.5 Å². The van der Waals surface area contributed by atoms with E-state index in [1.165, 1.54) is 11.5 Å². The van der Waals surface area contributed by atoms with Crippen molar-refractivity contribution in [1.29, 1.82) is 0 Å². The second-order valence-corrected chi connectivity index (χ2v) is 6.19. The molecule has 1 aromatic heterocycles. The summed E-state index contributed by atoms with van der Waals surface area (Å²) in [5.41, 5.74) is 0.316. The summed E-state index contributed by atoms with van der Waals surface area (Å²) in [6, 6.07) is 0. The van der Waals surface area contributed by atoms with Crippen LogP contribution in [-0.2, 0) is 11.0 Å². The first kappa shape index (κ1) is 11.0. The predicted molar refractivity (Wildman–Crippen MR) is 60.9 cm³/mol. The van der Waals surface area contributed by atoms with Crippen molar-refractivity contribution >= 4 is 11.5 Å². The van der Waals surface area contributed by atoms with Crippen LogP contribution in [-0.4, -0.2) is 14.7 Å². The first-order valence-electron chi connectivity index (χ1n) is 5.45. The van der Waals surface area contributed by atoms with Crippen molar-refractivity contribution in [3.05, 3.63) is 10.6 Å². The molecule has 0 aromatic carbocycles. The van der Waals surface area contributed by atoms with Gasteiger partial charge in [-0.1, -0.05) is 38.6 Å². The van der Waals surface area contributed by atoms with E-state index in [0.29, 0.717) is 5.92 Å². The van der Waals surface area contributed by atoms with Crippen LogP contribution in [0.3, 0.4) is 0 Å². The zero-order chi connectivity index (χ0) is 11.3. The number of aromatic nitrogens is 2. The van der Waals surface area contributed by atoms with Gasteiger partial charge in [0.05, 0.1) is 10.6 Å². The van der Waals surface area contributed by atoms with Gasteiger partial charge in [-0.2, -0.15) is 0 Å². The highest BCUT2D eigenvalue weighted by molar-refractivity contribution is 7.05. The van der Waals surface area contributed by atoms with Crippen LogP contribution in [0.1, 0.15) is 51.1 Å². The molecule has 0 bridgehead atoms. The maximum absolute atomic E-state index is 10.4. The van der Waals surface area contributed by atoms with E-state index in [0.717, 1.165) is 23.4 Å². The Morgan fingerprint density at radius 3 is 2.67 bits per heavy atom. The summed E-state index contributed by atoms with van der Waals surface area (Å²) < 4.78 is 4.00. The van der Waals surface area contributed by atoms with Gasteiger partial charge in [-0.25, -0.2) is 0 Å². The number of rotatable bonds is 2. The number of hydrogen-bond donors (Lipinski definition) is 1. The van der Waals surface area contributed by atoms with Crippen LogP contribution in [0.2, 0.25) is 0 Å². The zero-order valence-electron chi connectivity index (χ0n) is 9.74. The lowest BCUT2D eigenvalue weighted by Gasteiger charge is -2.19. The van der Waals surface area contributed by atoms with Gasteiger partial charge in [-0.3, -0.25) is 0 Å². The molecule has 0 aliphatic heterocycles. The van der Waals surface area contributed by atoms with E-state index in [4.69, 9.17) is 0 Å². The molecule has 1 aliphatic carbocycles. The molecule has 0 saturated heterocycles. The largest absolute Gasteiger partial charge is 0.384 e. The van der Waals surface area contributed by atoms with Gasteiger partial charge in [0, 0.05) is 5.41 Å². The molecular weight excluding hydrogens is 208 g/mol. The minimum absolute atomic E-state index is 0.0288. The molecule has 0 spiro atoms. The van der Waals surface area contributed by atoms with E-state index in [-0.39, 0.29) is 5.41 Å². The minimum Gasteiger partial charge on any atom is -0.384 e. The summed E-state index contributed by atoms with van der Waals surface area (Å²) in [7, 11) is 0. The Kier molecular flexibility index (Phi) is 2.39. The first-order valence-corrected chi connectivity index (χ1v) is 6.22. The third kappa shape index (κ3) is 1.70. The number of aliphatic hydroxyl groups is 1. The summed E-state index contributed by atoms with van der Waals surface area (Å²) in [4.78, 5) is 0.988. The molecule has 84 valence electrons. The van der Waals surface area contributed by atoms with Crippen molar-refractivity contribution in [2.75, 3.05) is 0 Å². The lowest BCUT2D eigenvalue weighted by Crippen LogP contribution is -2.19. The summed E-state index contributed by atoms with van der Waals surface area (Å²) >= 11 is 1.35. The molecule has 1 aliphatic rings. The van der Waals surface area contributed by atoms with Crippen LogP contribution in [0.5, 0.6) is 0 Å². The highest BCUT2D eigenvalue weighted by Gasteiger charge is 2.56. The maximum atomic E-state index is 10.4. The Labute approximate surface area is 94.7 Å². The van der Waals surface area contributed by atoms with Crippen LogP contribution in [0.15, 0.2) is 0 Å². The van der Waals surface area contributed by atoms with Crippen molar-refractivity contribution < 1.29 is 5.11 Å². The zero-order valence-corrected chi connectivity index (χ0v) is 10.6. The molecule has 2 atom stereocenters. The van der Waals surface area contributed by atoms with E-state index in [2.05, 4.69) is 37.3 Å². The van der Waals surface area contributed by atoms with Gasteiger partial charge in [0.2, 0.25) is 0 Å². The van der Waals surface area contributed by atoms with Gasteiger partial charge in [0.1, 0.15) is 5.60 Å². The van der Waals surface area contributed by atoms with Crippen molar-refractivity contribution in [2.24, 2.45) is 5.92 Å². The van der Waals surface area contributed by atoms with Gasteiger partial charge in [-0.15, -0.1) is 5.10 Å². The molecule has 1 aromatic rings. The Hall–Kier alpha value is -0.480. The normalized spacial score (nSPS) is 30.6. The monoisotopic (exact) mass is 226 g/mol. The van der Waals surface area contributed by atoms with Crippen LogP contribution in [0.4, 0.5) is 0 Å². The SMILES string of the molecule is CCC1CC1(O)c1snnc1C(C)(C)C. The lowest BCUT2D eigenvalue weighted by atomic mass is 9.89. The summed E-state index contributed by atoms with van der Waals surface area (Å²) in [6.07, 6.45) is 1.90. The molecule has 1 N–H and O–H groups in total. The molecule has 1 saturated carbocycles. The molecule has 15 heavy (non-hydrogen) atoms. The highest BCUT2D eigenvalue weighted by atomic mass is 32.1. The van der Waals surface area contributed by atoms with Gasteiger partial charge >= 0.3 is 0 Å². The summed E-state index contributed by atoms with van der Waals surface area (Å²) in [5.74, 6) is 0.404.